The third-order valence-electron chi connectivity index (χ3n) is 2.76. The van der Waals surface area contributed by atoms with Gasteiger partial charge in [0.2, 0.25) is 0 Å². The van der Waals surface area contributed by atoms with E-state index in [9.17, 15) is 9.90 Å². The van der Waals surface area contributed by atoms with E-state index in [1.165, 1.54) is 7.11 Å². The summed E-state index contributed by atoms with van der Waals surface area (Å²) in [5.41, 5.74) is 0. The predicted octanol–water partition coefficient (Wildman–Crippen LogP) is 0.956. The van der Waals surface area contributed by atoms with Crippen LogP contribution in [-0.4, -0.2) is 24.3 Å². The van der Waals surface area contributed by atoms with Crippen molar-refractivity contribution in [1.82, 2.24) is 0 Å². The smallest absolute Gasteiger partial charge is 0.309 e. The minimum atomic E-state index is -0.331. The van der Waals surface area contributed by atoms with E-state index in [0.29, 0.717) is 0 Å². The highest BCUT2D eigenvalue weighted by Crippen LogP contribution is 2.30. The van der Waals surface area contributed by atoms with Crippen molar-refractivity contribution in [3.63, 3.8) is 0 Å². The molecule has 0 unspecified atom stereocenters. The number of rotatable bonds is 1. The van der Waals surface area contributed by atoms with Gasteiger partial charge in [-0.3, -0.25) is 4.79 Å². The molecule has 1 rings (SSSR count). The molecule has 0 aromatic rings. The molecule has 12 heavy (non-hydrogen) atoms. The summed E-state index contributed by atoms with van der Waals surface area (Å²) in [5.74, 6) is -0.230. The number of hydrogen-bond donors (Lipinski definition) is 1. The van der Waals surface area contributed by atoms with Gasteiger partial charge in [0.1, 0.15) is 0 Å². The van der Waals surface area contributed by atoms with Crippen LogP contribution < -0.4 is 0 Å². The van der Waals surface area contributed by atoms with E-state index in [0.717, 1.165) is 19.3 Å². The maximum atomic E-state index is 11.2. The van der Waals surface area contributed by atoms with Crippen LogP contribution in [0.3, 0.4) is 0 Å². The number of ether oxygens (including phenoxy) is 1. The van der Waals surface area contributed by atoms with E-state index >= 15 is 0 Å². The van der Waals surface area contributed by atoms with Crippen molar-refractivity contribution < 1.29 is 14.6 Å². The van der Waals surface area contributed by atoms with Gasteiger partial charge >= 0.3 is 5.97 Å². The molecule has 0 radical (unpaired) electrons. The van der Waals surface area contributed by atoms with Crippen LogP contribution in [0.25, 0.3) is 0 Å². The minimum absolute atomic E-state index is 0.0474. The van der Waals surface area contributed by atoms with Gasteiger partial charge in [0.25, 0.3) is 0 Å². The molecule has 0 heterocycles. The Morgan fingerprint density at radius 3 is 2.75 bits per heavy atom. The highest BCUT2D eigenvalue weighted by molar-refractivity contribution is 5.72. The van der Waals surface area contributed by atoms with Gasteiger partial charge in [-0.05, 0) is 25.2 Å². The molecule has 3 atom stereocenters. The van der Waals surface area contributed by atoms with Crippen LogP contribution in [0.4, 0.5) is 0 Å². The average Bonchev–Trinajstić information content (AvgIpc) is 2.08. The molecule has 0 spiro atoms. The van der Waals surface area contributed by atoms with Crippen molar-refractivity contribution in [3.05, 3.63) is 0 Å². The lowest BCUT2D eigenvalue weighted by Gasteiger charge is -2.30. The normalized spacial score (nSPS) is 36.1. The summed E-state index contributed by atoms with van der Waals surface area (Å²) in [6.45, 7) is 1.91. The monoisotopic (exact) mass is 172 g/mol. The second kappa shape index (κ2) is 3.90. The molecule has 1 aliphatic rings. The van der Waals surface area contributed by atoms with Gasteiger partial charge in [-0.15, -0.1) is 0 Å². The lowest BCUT2D eigenvalue weighted by molar-refractivity contribution is -0.150. The zero-order valence-electron chi connectivity index (χ0n) is 7.62. The molecule has 1 aliphatic carbocycles. The maximum Gasteiger partial charge on any atom is 0.309 e. The number of carbonyl (C=O) groups is 1. The Morgan fingerprint density at radius 2 is 2.17 bits per heavy atom. The van der Waals surface area contributed by atoms with E-state index in [1.807, 2.05) is 6.92 Å². The summed E-state index contributed by atoms with van der Waals surface area (Å²) in [4.78, 5) is 11.2. The largest absolute Gasteiger partial charge is 0.469 e. The van der Waals surface area contributed by atoms with E-state index in [1.54, 1.807) is 0 Å². The van der Waals surface area contributed by atoms with Crippen molar-refractivity contribution in [2.45, 2.75) is 32.3 Å². The highest BCUT2D eigenvalue weighted by Gasteiger charge is 2.33. The summed E-state index contributed by atoms with van der Waals surface area (Å²) in [6.07, 6.45) is 2.26. The third kappa shape index (κ3) is 1.78. The quantitative estimate of drug-likeness (QED) is 0.599. The summed E-state index contributed by atoms with van der Waals surface area (Å²) in [5, 5.41) is 9.48. The lowest BCUT2D eigenvalue weighted by Crippen LogP contribution is -2.35. The van der Waals surface area contributed by atoms with Crippen LogP contribution in [0.15, 0.2) is 0 Å². The topological polar surface area (TPSA) is 46.5 Å². The molecule has 0 saturated heterocycles. The number of methoxy groups -OCH3 is 1. The average molecular weight is 172 g/mol. The summed E-state index contributed by atoms with van der Waals surface area (Å²) >= 11 is 0. The van der Waals surface area contributed by atoms with E-state index < -0.39 is 0 Å². The standard InChI is InChI=1S/C9H16O3/c1-6-7(9(11)12-2)4-3-5-8(6)10/h6-8,10H,3-5H2,1-2H3/t6-,7+,8-/m0/s1. The van der Waals surface area contributed by atoms with Gasteiger partial charge in [0, 0.05) is 0 Å². The molecule has 1 fully saturated rings. The van der Waals surface area contributed by atoms with Crippen LogP contribution in [0.2, 0.25) is 0 Å². The molecular weight excluding hydrogens is 156 g/mol. The first-order valence-electron chi connectivity index (χ1n) is 4.42. The fourth-order valence-electron chi connectivity index (χ4n) is 1.82. The Labute approximate surface area is 72.7 Å². The van der Waals surface area contributed by atoms with Crippen molar-refractivity contribution in [2.75, 3.05) is 7.11 Å². The minimum Gasteiger partial charge on any atom is -0.469 e. The SMILES string of the molecule is COC(=O)[C@@H]1CCC[C@H](O)[C@H]1C. The van der Waals surface area contributed by atoms with E-state index in [4.69, 9.17) is 0 Å². The molecule has 3 heteroatoms. The lowest BCUT2D eigenvalue weighted by atomic mass is 9.78. The summed E-state index contributed by atoms with van der Waals surface area (Å²) in [6, 6.07) is 0. The number of carbonyl (C=O) groups excluding carboxylic acids is 1. The molecule has 0 aromatic heterocycles. The van der Waals surface area contributed by atoms with Gasteiger partial charge in [-0.25, -0.2) is 0 Å². The Kier molecular flexibility index (Phi) is 3.09. The van der Waals surface area contributed by atoms with E-state index in [2.05, 4.69) is 4.74 Å². The summed E-state index contributed by atoms with van der Waals surface area (Å²) < 4.78 is 4.66. The first-order chi connectivity index (χ1) is 5.66. The van der Waals surface area contributed by atoms with Crippen molar-refractivity contribution >= 4 is 5.97 Å². The van der Waals surface area contributed by atoms with Crippen LogP contribution in [0.5, 0.6) is 0 Å². The number of aliphatic hydroxyl groups excluding tert-OH is 1. The molecule has 1 saturated carbocycles. The first kappa shape index (κ1) is 9.52. The van der Waals surface area contributed by atoms with Gasteiger partial charge < -0.3 is 9.84 Å². The van der Waals surface area contributed by atoms with Crippen molar-refractivity contribution in [2.24, 2.45) is 11.8 Å². The van der Waals surface area contributed by atoms with Gasteiger partial charge in [0.05, 0.1) is 19.1 Å². The molecule has 0 amide bonds. The second-order valence-electron chi connectivity index (χ2n) is 3.49. The molecule has 1 N–H and O–H groups in total. The summed E-state index contributed by atoms with van der Waals surface area (Å²) in [7, 11) is 1.40. The van der Waals surface area contributed by atoms with E-state index in [-0.39, 0.29) is 23.9 Å². The fourth-order valence-corrected chi connectivity index (χ4v) is 1.82. The van der Waals surface area contributed by atoms with Gasteiger partial charge in [-0.2, -0.15) is 0 Å². The van der Waals surface area contributed by atoms with Crippen molar-refractivity contribution in [3.8, 4) is 0 Å². The third-order valence-corrected chi connectivity index (χ3v) is 2.76. The Bertz CT molecular complexity index is 167. The van der Waals surface area contributed by atoms with Crippen LogP contribution in [0, 0.1) is 11.8 Å². The molecule has 0 bridgehead atoms. The molecule has 70 valence electrons. The first-order valence-corrected chi connectivity index (χ1v) is 4.42. The molecule has 0 aromatic carbocycles. The maximum absolute atomic E-state index is 11.2. The zero-order valence-corrected chi connectivity index (χ0v) is 7.62. The number of esters is 1. The van der Waals surface area contributed by atoms with Crippen LogP contribution >= 0.6 is 0 Å². The molecular formula is C9H16O3. The number of hydrogen-bond acceptors (Lipinski definition) is 3. The van der Waals surface area contributed by atoms with Gasteiger partial charge in [0.15, 0.2) is 0 Å². The Balaban J connectivity index is 2.57. The van der Waals surface area contributed by atoms with Gasteiger partial charge in [-0.1, -0.05) is 6.92 Å². The Hall–Kier alpha value is -0.570. The van der Waals surface area contributed by atoms with Crippen LogP contribution in [0.1, 0.15) is 26.2 Å². The predicted molar refractivity (Wildman–Crippen MR) is 44.5 cm³/mol. The Morgan fingerprint density at radius 1 is 1.50 bits per heavy atom. The fraction of sp³-hybridized carbons (Fsp3) is 0.889. The van der Waals surface area contributed by atoms with Crippen LogP contribution in [-0.2, 0) is 9.53 Å². The number of aliphatic hydroxyl groups is 1. The van der Waals surface area contributed by atoms with Crippen molar-refractivity contribution in [1.29, 1.82) is 0 Å². The highest BCUT2D eigenvalue weighted by atomic mass is 16.5. The zero-order chi connectivity index (χ0) is 9.14. The second-order valence-corrected chi connectivity index (χ2v) is 3.49. The molecule has 0 aliphatic heterocycles. The molecule has 3 nitrogen and oxygen atoms in total.